The van der Waals surface area contributed by atoms with Gasteiger partial charge in [0, 0.05) is 18.6 Å². The van der Waals surface area contributed by atoms with E-state index in [0.717, 1.165) is 19.5 Å². The van der Waals surface area contributed by atoms with Crippen LogP contribution >= 0.6 is 0 Å². The van der Waals surface area contributed by atoms with Gasteiger partial charge in [0.1, 0.15) is 6.10 Å². The molecule has 0 aromatic heterocycles. The van der Waals surface area contributed by atoms with Crippen LogP contribution in [0.1, 0.15) is 34.1 Å². The second-order valence-electron chi connectivity index (χ2n) is 5.40. The van der Waals surface area contributed by atoms with E-state index in [0.29, 0.717) is 13.2 Å². The number of ether oxygens (including phenoxy) is 2. The van der Waals surface area contributed by atoms with Gasteiger partial charge in [-0.05, 0) is 27.2 Å². The van der Waals surface area contributed by atoms with Crippen LogP contribution in [0.25, 0.3) is 0 Å². The third kappa shape index (κ3) is 5.33. The average Bonchev–Trinajstić information content (AvgIpc) is 2.36. The monoisotopic (exact) mass is 258 g/mol. The van der Waals surface area contributed by atoms with Crippen molar-refractivity contribution in [1.82, 2.24) is 10.6 Å². The number of amides is 1. The molecule has 1 aliphatic heterocycles. The molecule has 0 aromatic rings. The van der Waals surface area contributed by atoms with Crippen LogP contribution in [0.2, 0.25) is 0 Å². The number of hydrogen-bond acceptors (Lipinski definition) is 4. The predicted octanol–water partition coefficient (Wildman–Crippen LogP) is 0.685. The van der Waals surface area contributed by atoms with Gasteiger partial charge < -0.3 is 20.1 Å². The van der Waals surface area contributed by atoms with Crippen molar-refractivity contribution in [3.63, 3.8) is 0 Å². The van der Waals surface area contributed by atoms with E-state index in [1.54, 1.807) is 6.92 Å². The summed E-state index contributed by atoms with van der Waals surface area (Å²) >= 11 is 0. The van der Waals surface area contributed by atoms with Crippen molar-refractivity contribution in [1.29, 1.82) is 0 Å². The summed E-state index contributed by atoms with van der Waals surface area (Å²) in [6, 6.07) is 0. The van der Waals surface area contributed by atoms with Crippen molar-refractivity contribution in [2.75, 3.05) is 26.3 Å². The van der Waals surface area contributed by atoms with Gasteiger partial charge in [-0.25, -0.2) is 0 Å². The van der Waals surface area contributed by atoms with Crippen LogP contribution < -0.4 is 10.6 Å². The smallest absolute Gasteiger partial charge is 0.249 e. The molecule has 0 aromatic carbocycles. The molecule has 0 bridgehead atoms. The van der Waals surface area contributed by atoms with Crippen molar-refractivity contribution >= 4 is 5.91 Å². The molecule has 1 fully saturated rings. The lowest BCUT2D eigenvalue weighted by Gasteiger charge is -2.28. The summed E-state index contributed by atoms with van der Waals surface area (Å²) in [5, 5.41) is 6.20. The number of morpholine rings is 1. The molecule has 0 radical (unpaired) electrons. The Bertz CT molecular complexity index is 263. The fraction of sp³-hybridized carbons (Fsp3) is 0.923. The van der Waals surface area contributed by atoms with Crippen LogP contribution in [0, 0.1) is 0 Å². The van der Waals surface area contributed by atoms with E-state index in [1.807, 2.05) is 20.8 Å². The molecule has 0 aliphatic carbocycles. The fourth-order valence-corrected chi connectivity index (χ4v) is 1.58. The number of hydrogen-bond donors (Lipinski definition) is 2. The van der Waals surface area contributed by atoms with E-state index in [-0.39, 0.29) is 17.6 Å². The van der Waals surface area contributed by atoms with Gasteiger partial charge in [-0.1, -0.05) is 6.92 Å². The van der Waals surface area contributed by atoms with E-state index in [9.17, 15) is 4.79 Å². The zero-order valence-corrected chi connectivity index (χ0v) is 11.9. The molecule has 2 atom stereocenters. The third-order valence-electron chi connectivity index (χ3n) is 3.25. The Morgan fingerprint density at radius 2 is 2.33 bits per heavy atom. The Morgan fingerprint density at radius 3 is 2.89 bits per heavy atom. The molecular weight excluding hydrogens is 232 g/mol. The lowest BCUT2D eigenvalue weighted by Crippen LogP contribution is -2.48. The largest absolute Gasteiger partial charge is 0.373 e. The molecule has 5 heteroatoms. The van der Waals surface area contributed by atoms with Gasteiger partial charge in [-0.15, -0.1) is 0 Å². The molecule has 1 saturated heterocycles. The van der Waals surface area contributed by atoms with Crippen LogP contribution in [0.3, 0.4) is 0 Å². The standard InChI is InChI=1S/C13H26N2O3/c1-5-13(3,4)15-12(16)10(2)18-9-11-8-14-6-7-17-11/h10-11,14H,5-9H2,1-4H3,(H,15,16). The van der Waals surface area contributed by atoms with Crippen LogP contribution in [0.4, 0.5) is 0 Å². The first-order chi connectivity index (χ1) is 8.44. The quantitative estimate of drug-likeness (QED) is 0.736. The Morgan fingerprint density at radius 1 is 1.61 bits per heavy atom. The highest BCUT2D eigenvalue weighted by Gasteiger charge is 2.23. The van der Waals surface area contributed by atoms with Crippen molar-refractivity contribution < 1.29 is 14.3 Å². The Labute approximate surface area is 110 Å². The van der Waals surface area contributed by atoms with E-state index in [2.05, 4.69) is 10.6 Å². The van der Waals surface area contributed by atoms with Crippen LogP contribution in [0.5, 0.6) is 0 Å². The minimum absolute atomic E-state index is 0.0492. The van der Waals surface area contributed by atoms with Crippen LogP contribution in [-0.4, -0.2) is 50.0 Å². The molecule has 18 heavy (non-hydrogen) atoms. The molecule has 0 spiro atoms. The second kappa shape index (κ2) is 7.07. The first kappa shape index (κ1) is 15.4. The first-order valence-electron chi connectivity index (χ1n) is 6.70. The summed E-state index contributed by atoms with van der Waals surface area (Å²) in [5.74, 6) is -0.0642. The highest BCUT2D eigenvalue weighted by atomic mass is 16.5. The van der Waals surface area contributed by atoms with Crippen molar-refractivity contribution in [3.8, 4) is 0 Å². The molecular formula is C13H26N2O3. The van der Waals surface area contributed by atoms with Gasteiger partial charge in [0.2, 0.25) is 5.91 Å². The highest BCUT2D eigenvalue weighted by molar-refractivity contribution is 5.81. The van der Waals surface area contributed by atoms with E-state index < -0.39 is 6.10 Å². The molecule has 1 aliphatic rings. The summed E-state index contributed by atoms with van der Waals surface area (Å²) in [6.45, 7) is 10.7. The molecule has 1 heterocycles. The number of rotatable bonds is 6. The Hall–Kier alpha value is -0.650. The van der Waals surface area contributed by atoms with Gasteiger partial charge in [0.05, 0.1) is 19.3 Å². The minimum Gasteiger partial charge on any atom is -0.373 e. The Kier molecular flexibility index (Phi) is 6.05. The van der Waals surface area contributed by atoms with E-state index in [1.165, 1.54) is 0 Å². The number of nitrogens with one attached hydrogen (secondary N) is 2. The first-order valence-corrected chi connectivity index (χ1v) is 6.70. The maximum atomic E-state index is 11.9. The zero-order chi connectivity index (χ0) is 13.6. The SMILES string of the molecule is CCC(C)(C)NC(=O)C(C)OCC1CNCCO1. The van der Waals surface area contributed by atoms with Gasteiger partial charge in [-0.2, -0.15) is 0 Å². The third-order valence-corrected chi connectivity index (χ3v) is 3.25. The van der Waals surface area contributed by atoms with Gasteiger partial charge in [-0.3, -0.25) is 4.79 Å². The normalized spacial score (nSPS) is 22.6. The summed E-state index contributed by atoms with van der Waals surface area (Å²) in [4.78, 5) is 11.9. The highest BCUT2D eigenvalue weighted by Crippen LogP contribution is 2.08. The zero-order valence-electron chi connectivity index (χ0n) is 11.9. The Balaban J connectivity index is 2.26. The molecule has 1 rings (SSSR count). The van der Waals surface area contributed by atoms with Crippen molar-refractivity contribution in [2.24, 2.45) is 0 Å². The van der Waals surface area contributed by atoms with Crippen LogP contribution in [-0.2, 0) is 14.3 Å². The summed E-state index contributed by atoms with van der Waals surface area (Å²) in [6.07, 6.45) is 0.496. The lowest BCUT2D eigenvalue weighted by atomic mass is 10.0. The van der Waals surface area contributed by atoms with Crippen LogP contribution in [0.15, 0.2) is 0 Å². The van der Waals surface area contributed by atoms with E-state index in [4.69, 9.17) is 9.47 Å². The maximum Gasteiger partial charge on any atom is 0.249 e. The molecule has 0 saturated carbocycles. The summed E-state index contributed by atoms with van der Waals surface area (Å²) in [5.41, 5.74) is -0.183. The molecule has 5 nitrogen and oxygen atoms in total. The second-order valence-corrected chi connectivity index (χ2v) is 5.40. The average molecular weight is 258 g/mol. The number of carbonyl (C=O) groups excluding carboxylic acids is 1. The summed E-state index contributed by atoms with van der Waals surface area (Å²) < 4.78 is 11.1. The van der Waals surface area contributed by atoms with E-state index >= 15 is 0 Å². The van der Waals surface area contributed by atoms with Crippen molar-refractivity contribution in [2.45, 2.75) is 51.9 Å². The predicted molar refractivity (Wildman–Crippen MR) is 70.5 cm³/mol. The lowest BCUT2D eigenvalue weighted by molar-refractivity contribution is -0.136. The minimum atomic E-state index is -0.443. The molecule has 2 N–H and O–H groups in total. The fourth-order valence-electron chi connectivity index (χ4n) is 1.58. The summed E-state index contributed by atoms with van der Waals surface area (Å²) in [7, 11) is 0. The number of carbonyl (C=O) groups is 1. The molecule has 2 unspecified atom stereocenters. The topological polar surface area (TPSA) is 59.6 Å². The molecule has 1 amide bonds. The van der Waals surface area contributed by atoms with Gasteiger partial charge in [0.25, 0.3) is 0 Å². The van der Waals surface area contributed by atoms with Crippen molar-refractivity contribution in [3.05, 3.63) is 0 Å². The molecule has 106 valence electrons. The van der Waals surface area contributed by atoms with Gasteiger partial charge in [0.15, 0.2) is 0 Å². The van der Waals surface area contributed by atoms with Gasteiger partial charge >= 0.3 is 0 Å². The maximum absolute atomic E-state index is 11.9.